The van der Waals surface area contributed by atoms with Crippen molar-refractivity contribution in [3.63, 3.8) is 0 Å². The maximum atomic E-state index is 12.6. The van der Waals surface area contributed by atoms with Crippen molar-refractivity contribution in [3.05, 3.63) is 52.6 Å². The Bertz CT molecular complexity index is 937. The molecular formula is C19H17NO4S2. The Hall–Kier alpha value is -2.38. The van der Waals surface area contributed by atoms with E-state index in [2.05, 4.69) is 0 Å². The van der Waals surface area contributed by atoms with Gasteiger partial charge in [-0.05, 0) is 39.0 Å². The summed E-state index contributed by atoms with van der Waals surface area (Å²) in [6.45, 7) is 5.78. The van der Waals surface area contributed by atoms with Crippen molar-refractivity contribution in [1.82, 2.24) is 4.90 Å². The van der Waals surface area contributed by atoms with Gasteiger partial charge in [0, 0.05) is 17.2 Å². The minimum absolute atomic E-state index is 0.156. The van der Waals surface area contributed by atoms with E-state index in [9.17, 15) is 14.7 Å². The van der Waals surface area contributed by atoms with E-state index in [1.54, 1.807) is 41.3 Å². The quantitative estimate of drug-likeness (QED) is 0.611. The molecule has 1 aromatic carbocycles. The highest BCUT2D eigenvalue weighted by atomic mass is 32.2. The number of aromatic carboxylic acids is 1. The smallest absolute Gasteiger partial charge is 0.336 e. The van der Waals surface area contributed by atoms with Gasteiger partial charge in [-0.25, -0.2) is 4.79 Å². The highest BCUT2D eigenvalue weighted by molar-refractivity contribution is 8.26. The first kappa shape index (κ1) is 18.4. The molecule has 1 aliphatic rings. The topological polar surface area (TPSA) is 70.8 Å². The van der Waals surface area contributed by atoms with E-state index in [1.807, 2.05) is 20.8 Å². The molecule has 0 unspecified atom stereocenters. The second-order valence-electron chi connectivity index (χ2n) is 6.74. The molecule has 7 heteroatoms. The zero-order valence-corrected chi connectivity index (χ0v) is 16.1. The lowest BCUT2D eigenvalue weighted by atomic mass is 10.1. The Balaban J connectivity index is 1.93. The van der Waals surface area contributed by atoms with Crippen molar-refractivity contribution in [3.8, 4) is 11.3 Å². The lowest BCUT2D eigenvalue weighted by molar-refractivity contribution is -0.125. The first-order valence-electron chi connectivity index (χ1n) is 7.89. The van der Waals surface area contributed by atoms with E-state index in [0.29, 0.717) is 26.3 Å². The predicted molar refractivity (Wildman–Crippen MR) is 106 cm³/mol. The van der Waals surface area contributed by atoms with Crippen LogP contribution in [0.25, 0.3) is 17.4 Å². The number of carbonyl (C=O) groups is 2. The molecular weight excluding hydrogens is 370 g/mol. The van der Waals surface area contributed by atoms with Gasteiger partial charge in [0.25, 0.3) is 5.91 Å². The minimum atomic E-state index is -1.02. The number of furan rings is 1. The maximum Gasteiger partial charge on any atom is 0.336 e. The first-order chi connectivity index (χ1) is 12.2. The molecule has 2 heterocycles. The van der Waals surface area contributed by atoms with Gasteiger partial charge in [-0.1, -0.05) is 42.2 Å². The Morgan fingerprint density at radius 1 is 1.23 bits per heavy atom. The van der Waals surface area contributed by atoms with E-state index < -0.39 is 11.5 Å². The number of hydrogen-bond donors (Lipinski definition) is 1. The summed E-state index contributed by atoms with van der Waals surface area (Å²) in [5.41, 5.74) is 0.250. The summed E-state index contributed by atoms with van der Waals surface area (Å²) in [5.74, 6) is -0.281. The van der Waals surface area contributed by atoms with Gasteiger partial charge in [-0.15, -0.1) is 0 Å². The van der Waals surface area contributed by atoms with E-state index in [1.165, 1.54) is 17.8 Å². The third kappa shape index (κ3) is 3.45. The Morgan fingerprint density at radius 2 is 1.92 bits per heavy atom. The van der Waals surface area contributed by atoms with Crippen LogP contribution < -0.4 is 0 Å². The number of nitrogens with zero attached hydrogens (tertiary/aromatic N) is 1. The summed E-state index contributed by atoms with van der Waals surface area (Å²) >= 11 is 6.55. The Labute approximate surface area is 160 Å². The molecule has 1 amide bonds. The third-order valence-corrected chi connectivity index (χ3v) is 5.09. The van der Waals surface area contributed by atoms with Crippen LogP contribution in [0, 0.1) is 0 Å². The number of hydrogen-bond acceptors (Lipinski definition) is 5. The number of thiocarbonyl (C=S) groups is 1. The molecule has 0 aliphatic carbocycles. The number of carbonyl (C=O) groups excluding carboxylic acids is 1. The average Bonchev–Trinajstić information content (AvgIpc) is 3.12. The molecule has 3 rings (SSSR count). The van der Waals surface area contributed by atoms with Gasteiger partial charge in [0.1, 0.15) is 15.8 Å². The third-order valence-electron chi connectivity index (χ3n) is 3.79. The molecule has 26 heavy (non-hydrogen) atoms. The fourth-order valence-corrected chi connectivity index (χ4v) is 4.25. The molecule has 0 saturated carbocycles. The number of thioether (sulfide) groups is 1. The van der Waals surface area contributed by atoms with Crippen molar-refractivity contribution in [1.29, 1.82) is 0 Å². The largest absolute Gasteiger partial charge is 0.478 e. The highest BCUT2D eigenvalue weighted by Crippen LogP contribution is 2.37. The van der Waals surface area contributed by atoms with Crippen molar-refractivity contribution in [2.45, 2.75) is 26.3 Å². The highest BCUT2D eigenvalue weighted by Gasteiger charge is 2.39. The van der Waals surface area contributed by atoms with Crippen LogP contribution in [-0.4, -0.2) is 31.7 Å². The molecule has 0 bridgehead atoms. The summed E-state index contributed by atoms with van der Waals surface area (Å²) in [4.78, 5) is 26.1. The van der Waals surface area contributed by atoms with Crippen LogP contribution in [0.5, 0.6) is 0 Å². The van der Waals surface area contributed by atoms with Crippen LogP contribution in [0.1, 0.15) is 36.9 Å². The molecule has 1 aromatic heterocycles. The number of rotatable bonds is 3. The van der Waals surface area contributed by atoms with Crippen molar-refractivity contribution >= 4 is 46.3 Å². The monoisotopic (exact) mass is 387 g/mol. The van der Waals surface area contributed by atoms with Crippen molar-refractivity contribution < 1.29 is 19.1 Å². The fraction of sp³-hybridized carbons (Fsp3) is 0.211. The van der Waals surface area contributed by atoms with Gasteiger partial charge >= 0.3 is 5.97 Å². The van der Waals surface area contributed by atoms with E-state index in [-0.39, 0.29) is 11.5 Å². The van der Waals surface area contributed by atoms with Crippen LogP contribution in [0.15, 0.2) is 45.7 Å². The minimum Gasteiger partial charge on any atom is -0.478 e. The van der Waals surface area contributed by atoms with Gasteiger partial charge in [0.15, 0.2) is 0 Å². The lowest BCUT2D eigenvalue weighted by Crippen LogP contribution is -2.44. The zero-order chi connectivity index (χ0) is 19.1. The van der Waals surface area contributed by atoms with Gasteiger partial charge in [-0.3, -0.25) is 9.69 Å². The zero-order valence-electron chi connectivity index (χ0n) is 14.5. The van der Waals surface area contributed by atoms with E-state index >= 15 is 0 Å². The van der Waals surface area contributed by atoms with Gasteiger partial charge < -0.3 is 9.52 Å². The van der Waals surface area contributed by atoms with Crippen LogP contribution >= 0.6 is 24.0 Å². The standard InChI is InChI=1S/C19H17NO4S2/c1-19(2,3)20-16(21)15(26-18(20)25)10-11-8-9-14(24-11)12-6-4-5-7-13(12)17(22)23/h4-10H,1-3H3,(H,22,23)/b15-10+. The number of benzene rings is 1. The average molecular weight is 387 g/mol. The van der Waals surface area contributed by atoms with Crippen LogP contribution in [0.3, 0.4) is 0 Å². The number of amides is 1. The summed E-state index contributed by atoms with van der Waals surface area (Å²) in [6.07, 6.45) is 1.64. The van der Waals surface area contributed by atoms with Crippen LogP contribution in [0.4, 0.5) is 0 Å². The van der Waals surface area contributed by atoms with E-state index in [4.69, 9.17) is 16.6 Å². The normalized spacial score (nSPS) is 16.6. The lowest BCUT2D eigenvalue weighted by Gasteiger charge is -2.30. The molecule has 0 spiro atoms. The number of carboxylic acid groups (broad SMARTS) is 1. The molecule has 1 saturated heterocycles. The Kier molecular flexibility index (Phi) is 4.77. The van der Waals surface area contributed by atoms with Crippen molar-refractivity contribution in [2.24, 2.45) is 0 Å². The number of carboxylic acids is 1. The molecule has 5 nitrogen and oxygen atoms in total. The van der Waals surface area contributed by atoms with Crippen LogP contribution in [-0.2, 0) is 4.79 Å². The molecule has 0 atom stereocenters. The predicted octanol–water partition coefficient (Wildman–Crippen LogP) is 4.64. The maximum absolute atomic E-state index is 12.6. The molecule has 2 aromatic rings. The molecule has 1 aliphatic heterocycles. The van der Waals surface area contributed by atoms with Crippen LogP contribution in [0.2, 0.25) is 0 Å². The van der Waals surface area contributed by atoms with Gasteiger partial charge in [-0.2, -0.15) is 0 Å². The van der Waals surface area contributed by atoms with Gasteiger partial charge in [0.05, 0.1) is 10.5 Å². The van der Waals surface area contributed by atoms with Crippen molar-refractivity contribution in [2.75, 3.05) is 0 Å². The second kappa shape index (κ2) is 6.74. The molecule has 1 N–H and O–H groups in total. The van der Waals surface area contributed by atoms with E-state index in [0.717, 1.165) is 0 Å². The fourth-order valence-electron chi connectivity index (χ4n) is 2.64. The molecule has 0 radical (unpaired) electrons. The summed E-state index contributed by atoms with van der Waals surface area (Å²) in [6, 6.07) is 10.0. The molecule has 134 valence electrons. The summed E-state index contributed by atoms with van der Waals surface area (Å²) in [7, 11) is 0. The summed E-state index contributed by atoms with van der Waals surface area (Å²) in [5, 5.41) is 9.31. The first-order valence-corrected chi connectivity index (χ1v) is 9.11. The summed E-state index contributed by atoms with van der Waals surface area (Å²) < 4.78 is 6.27. The second-order valence-corrected chi connectivity index (χ2v) is 8.42. The Morgan fingerprint density at radius 3 is 2.54 bits per heavy atom. The van der Waals surface area contributed by atoms with Gasteiger partial charge in [0.2, 0.25) is 0 Å². The SMILES string of the molecule is CC(C)(C)N1C(=O)/C(=C\c2ccc(-c3ccccc3C(=O)O)o2)SC1=S. The molecule has 1 fully saturated rings.